The van der Waals surface area contributed by atoms with Gasteiger partial charge in [0.15, 0.2) is 0 Å². The number of benzene rings is 3. The van der Waals surface area contributed by atoms with Crippen molar-refractivity contribution in [2.24, 2.45) is 0 Å². The number of amides is 2. The van der Waals surface area contributed by atoms with Crippen molar-refractivity contribution < 1.29 is 19.1 Å². The van der Waals surface area contributed by atoms with Gasteiger partial charge in [-0.05, 0) is 78.2 Å². The number of aromatic nitrogens is 1. The van der Waals surface area contributed by atoms with Crippen LogP contribution in [0.5, 0.6) is 0 Å². The monoisotopic (exact) mass is 572 g/mol. The topological polar surface area (TPSA) is 83.1 Å². The van der Waals surface area contributed by atoms with E-state index >= 15 is 0 Å². The van der Waals surface area contributed by atoms with E-state index in [4.69, 9.17) is 9.72 Å². The summed E-state index contributed by atoms with van der Waals surface area (Å²) in [4.78, 5) is 50.1. The van der Waals surface area contributed by atoms with Gasteiger partial charge in [0, 0.05) is 49.6 Å². The van der Waals surface area contributed by atoms with Crippen LogP contribution in [-0.4, -0.2) is 72.3 Å². The first-order valence-electron chi connectivity index (χ1n) is 14.7. The predicted molar refractivity (Wildman–Crippen MR) is 166 cm³/mol. The van der Waals surface area contributed by atoms with Crippen molar-refractivity contribution in [3.8, 4) is 11.1 Å². The number of nitrogens with zero attached hydrogens (tertiary/aromatic N) is 4. The molecule has 0 saturated carbocycles. The number of hydrogen-bond donors (Lipinski definition) is 0. The molecule has 3 aliphatic heterocycles. The molecule has 3 aliphatic rings. The van der Waals surface area contributed by atoms with Crippen molar-refractivity contribution in [2.75, 3.05) is 44.8 Å². The standard InChI is InChI=1S/C35H32N4O4/c1-22(40)39-32-6-4-3-5-28(32)34(41)33(39)20-27-19-29(24-7-8-26-21-37(2)12-11-23(26)17-24)30-18-25(9-10-31(30)36-27)35(42)38-13-15-43-16-14-38/h3-10,17-20H,11-16,21H2,1-2H3/b33-20-. The van der Waals surface area contributed by atoms with E-state index in [-0.39, 0.29) is 23.3 Å². The number of pyridine rings is 1. The Hall–Kier alpha value is -4.66. The Kier molecular flexibility index (Phi) is 6.88. The Labute approximate surface area is 250 Å². The van der Waals surface area contributed by atoms with Gasteiger partial charge in [0.1, 0.15) is 0 Å². The number of para-hydroxylation sites is 1. The lowest BCUT2D eigenvalue weighted by atomic mass is 9.92. The van der Waals surface area contributed by atoms with Gasteiger partial charge in [-0.25, -0.2) is 4.98 Å². The highest BCUT2D eigenvalue weighted by molar-refractivity contribution is 6.26. The highest BCUT2D eigenvalue weighted by Gasteiger charge is 2.34. The van der Waals surface area contributed by atoms with Crippen LogP contribution in [0.1, 0.15) is 44.5 Å². The predicted octanol–water partition coefficient (Wildman–Crippen LogP) is 4.95. The maximum Gasteiger partial charge on any atom is 0.254 e. The lowest BCUT2D eigenvalue weighted by Gasteiger charge is -2.27. The molecule has 1 aromatic heterocycles. The Morgan fingerprint density at radius 1 is 0.907 bits per heavy atom. The van der Waals surface area contributed by atoms with E-state index in [2.05, 4.69) is 30.1 Å². The number of Topliss-reactive ketones (excluding diaryl/α,β-unsaturated/α-hetero) is 1. The number of fused-ring (bicyclic) bond motifs is 3. The normalized spacial score (nSPS) is 17.8. The summed E-state index contributed by atoms with van der Waals surface area (Å²) in [5.74, 6) is -0.475. The van der Waals surface area contributed by atoms with Gasteiger partial charge in [0.25, 0.3) is 5.91 Å². The molecule has 0 aliphatic carbocycles. The minimum Gasteiger partial charge on any atom is -0.378 e. The third kappa shape index (κ3) is 4.92. The molecule has 0 N–H and O–H groups in total. The van der Waals surface area contributed by atoms with Crippen LogP contribution in [0, 0.1) is 0 Å². The molecule has 7 rings (SSSR count). The third-order valence-corrected chi connectivity index (χ3v) is 8.56. The molecule has 8 heteroatoms. The van der Waals surface area contributed by atoms with Crippen LogP contribution in [0.15, 0.2) is 72.4 Å². The molecule has 4 aromatic rings. The summed E-state index contributed by atoms with van der Waals surface area (Å²) in [7, 11) is 2.13. The largest absolute Gasteiger partial charge is 0.378 e. The van der Waals surface area contributed by atoms with E-state index in [0.717, 1.165) is 36.0 Å². The summed E-state index contributed by atoms with van der Waals surface area (Å²) in [6.07, 6.45) is 2.66. The van der Waals surface area contributed by atoms with E-state index in [9.17, 15) is 14.4 Å². The number of hydrogen-bond acceptors (Lipinski definition) is 6. The average molecular weight is 573 g/mol. The van der Waals surface area contributed by atoms with Crippen molar-refractivity contribution in [1.82, 2.24) is 14.8 Å². The highest BCUT2D eigenvalue weighted by atomic mass is 16.5. The minimum atomic E-state index is -0.239. The van der Waals surface area contributed by atoms with Crippen LogP contribution < -0.4 is 4.90 Å². The summed E-state index contributed by atoms with van der Waals surface area (Å²) < 4.78 is 5.44. The van der Waals surface area contributed by atoms with Gasteiger partial charge >= 0.3 is 0 Å². The number of likely N-dealkylation sites (N-methyl/N-ethyl adjacent to an activating group) is 1. The molecular weight excluding hydrogens is 540 g/mol. The summed E-state index contributed by atoms with van der Waals surface area (Å²) in [5, 5.41) is 0.860. The van der Waals surface area contributed by atoms with E-state index < -0.39 is 0 Å². The van der Waals surface area contributed by atoms with Crippen molar-refractivity contribution in [3.05, 3.63) is 100 Å². The number of ether oxygens (including phenoxy) is 1. The first-order valence-corrected chi connectivity index (χ1v) is 14.7. The van der Waals surface area contributed by atoms with Crippen LogP contribution in [0.2, 0.25) is 0 Å². The van der Waals surface area contributed by atoms with Crippen LogP contribution in [0.4, 0.5) is 5.69 Å². The quantitative estimate of drug-likeness (QED) is 0.323. The second-order valence-corrected chi connectivity index (χ2v) is 11.4. The molecule has 0 unspecified atom stereocenters. The minimum absolute atomic E-state index is 0.0257. The first kappa shape index (κ1) is 27.2. The molecule has 43 heavy (non-hydrogen) atoms. The summed E-state index contributed by atoms with van der Waals surface area (Å²) in [6, 6.07) is 21.3. The number of carbonyl (C=O) groups excluding carboxylic acids is 3. The van der Waals surface area contributed by atoms with E-state index in [1.165, 1.54) is 23.0 Å². The smallest absolute Gasteiger partial charge is 0.254 e. The Balaban J connectivity index is 1.38. The molecule has 1 fully saturated rings. The number of anilines is 1. The number of ketones is 1. The van der Waals surface area contributed by atoms with Gasteiger partial charge in [-0.3, -0.25) is 19.3 Å². The molecule has 0 radical (unpaired) electrons. The molecule has 0 bridgehead atoms. The fourth-order valence-corrected chi connectivity index (χ4v) is 6.34. The third-order valence-electron chi connectivity index (χ3n) is 8.56. The van der Waals surface area contributed by atoms with Crippen LogP contribution in [0.25, 0.3) is 28.1 Å². The van der Waals surface area contributed by atoms with Gasteiger partial charge in [0.2, 0.25) is 11.7 Å². The Morgan fingerprint density at radius 3 is 2.53 bits per heavy atom. The fraction of sp³-hybridized carbons (Fsp3) is 0.257. The van der Waals surface area contributed by atoms with Gasteiger partial charge in [-0.2, -0.15) is 0 Å². The molecule has 4 heterocycles. The zero-order valence-electron chi connectivity index (χ0n) is 24.3. The number of allylic oxidation sites excluding steroid dienone is 1. The highest BCUT2D eigenvalue weighted by Crippen LogP contribution is 2.37. The summed E-state index contributed by atoms with van der Waals surface area (Å²) >= 11 is 0. The molecule has 3 aromatic carbocycles. The molecule has 0 atom stereocenters. The van der Waals surface area contributed by atoms with Crippen molar-refractivity contribution in [2.45, 2.75) is 19.9 Å². The van der Waals surface area contributed by atoms with E-state index in [1.54, 1.807) is 24.3 Å². The second kappa shape index (κ2) is 10.9. The SMILES string of the molecule is CC(=O)N1/C(=C\c2cc(-c3ccc4c(c3)CCN(C)C4)c3cc(C(=O)N4CCOCC4)ccc3n2)C(=O)c2ccccc21. The Bertz CT molecular complexity index is 1840. The van der Waals surface area contributed by atoms with E-state index in [0.29, 0.717) is 54.3 Å². The first-order chi connectivity index (χ1) is 20.9. The molecule has 2 amide bonds. The van der Waals surface area contributed by atoms with Gasteiger partial charge < -0.3 is 14.5 Å². The zero-order valence-corrected chi connectivity index (χ0v) is 24.3. The Morgan fingerprint density at radius 2 is 1.72 bits per heavy atom. The molecule has 1 saturated heterocycles. The second-order valence-electron chi connectivity index (χ2n) is 11.4. The maximum atomic E-state index is 13.4. The maximum absolute atomic E-state index is 13.4. The van der Waals surface area contributed by atoms with Gasteiger partial charge in [-0.15, -0.1) is 0 Å². The fourth-order valence-electron chi connectivity index (χ4n) is 6.34. The van der Waals surface area contributed by atoms with E-state index in [1.807, 2.05) is 35.2 Å². The van der Waals surface area contributed by atoms with Crippen molar-refractivity contribution in [1.29, 1.82) is 0 Å². The lowest BCUT2D eigenvalue weighted by Crippen LogP contribution is -2.40. The average Bonchev–Trinajstić information content (AvgIpc) is 3.31. The molecule has 0 spiro atoms. The van der Waals surface area contributed by atoms with Gasteiger partial charge in [0.05, 0.1) is 35.8 Å². The summed E-state index contributed by atoms with van der Waals surface area (Å²) in [6.45, 7) is 5.56. The van der Waals surface area contributed by atoms with Crippen molar-refractivity contribution in [3.63, 3.8) is 0 Å². The zero-order chi connectivity index (χ0) is 29.7. The number of rotatable bonds is 3. The molecule has 8 nitrogen and oxygen atoms in total. The lowest BCUT2D eigenvalue weighted by molar-refractivity contribution is -0.116. The molecule has 216 valence electrons. The molecular formula is C35H32N4O4. The number of carbonyl (C=O) groups is 3. The van der Waals surface area contributed by atoms with Crippen LogP contribution >= 0.6 is 0 Å². The van der Waals surface area contributed by atoms with Gasteiger partial charge in [-0.1, -0.05) is 30.3 Å². The van der Waals surface area contributed by atoms with Crippen LogP contribution in [0.3, 0.4) is 0 Å². The van der Waals surface area contributed by atoms with Crippen molar-refractivity contribution >= 4 is 40.3 Å². The number of morpholine rings is 1. The van der Waals surface area contributed by atoms with Crippen LogP contribution in [-0.2, 0) is 22.5 Å². The summed E-state index contributed by atoms with van der Waals surface area (Å²) in [5.41, 5.74) is 7.80.